The molecular weight excluding hydrogens is 393 g/mol. The van der Waals surface area contributed by atoms with Gasteiger partial charge >= 0.3 is 6.61 Å². The van der Waals surface area contributed by atoms with Crippen molar-refractivity contribution in [3.63, 3.8) is 0 Å². The van der Waals surface area contributed by atoms with E-state index in [9.17, 15) is 13.2 Å². The summed E-state index contributed by atoms with van der Waals surface area (Å²) in [6.07, 6.45) is 11.6. The summed E-state index contributed by atoms with van der Waals surface area (Å²) in [5, 5.41) is 0. The summed E-state index contributed by atoms with van der Waals surface area (Å²) < 4.78 is 54.8. The number of benzene rings is 1. The van der Waals surface area contributed by atoms with Crippen molar-refractivity contribution < 1.29 is 27.4 Å². The van der Waals surface area contributed by atoms with Crippen LogP contribution in [0.15, 0.2) is 18.2 Å². The Labute approximate surface area is 177 Å². The predicted molar refractivity (Wildman–Crippen MR) is 108 cm³/mol. The molecule has 0 atom stereocenters. The lowest BCUT2D eigenvalue weighted by Crippen LogP contribution is -2.40. The first-order valence-corrected chi connectivity index (χ1v) is 11.5. The van der Waals surface area contributed by atoms with Gasteiger partial charge in [-0.05, 0) is 68.1 Å². The molecule has 1 saturated heterocycles. The van der Waals surface area contributed by atoms with Crippen molar-refractivity contribution in [2.24, 2.45) is 23.7 Å². The highest BCUT2D eigenvalue weighted by molar-refractivity contribution is 5.29. The van der Waals surface area contributed by atoms with E-state index in [1.165, 1.54) is 37.8 Å². The molecule has 4 rings (SSSR count). The molecule has 0 aromatic heterocycles. The topological polar surface area (TPSA) is 27.7 Å². The molecule has 168 valence electrons. The van der Waals surface area contributed by atoms with E-state index < -0.39 is 18.2 Å². The largest absolute Gasteiger partial charge is 0.432 e. The summed E-state index contributed by atoms with van der Waals surface area (Å²) in [5.74, 6) is 1.35. The third-order valence-electron chi connectivity index (χ3n) is 7.35. The number of aryl methyl sites for hydroxylation is 1. The van der Waals surface area contributed by atoms with Crippen LogP contribution in [-0.4, -0.2) is 26.1 Å². The first-order chi connectivity index (χ1) is 14.6. The lowest BCUT2D eigenvalue weighted by Gasteiger charge is -2.39. The molecule has 6 heteroatoms. The van der Waals surface area contributed by atoms with Gasteiger partial charge in [0, 0.05) is 11.8 Å². The van der Waals surface area contributed by atoms with Crippen molar-refractivity contribution >= 4 is 0 Å². The van der Waals surface area contributed by atoms with Crippen LogP contribution in [0.5, 0.6) is 5.75 Å². The van der Waals surface area contributed by atoms with E-state index in [1.807, 2.05) is 0 Å². The Kier molecular flexibility index (Phi) is 7.58. The van der Waals surface area contributed by atoms with Crippen molar-refractivity contribution in [2.45, 2.75) is 77.1 Å². The van der Waals surface area contributed by atoms with Gasteiger partial charge in [0.25, 0.3) is 0 Å². The molecule has 2 saturated carbocycles. The Bertz CT molecular complexity index is 662. The van der Waals surface area contributed by atoms with Crippen LogP contribution in [0.25, 0.3) is 0 Å². The average molecular weight is 427 g/mol. The zero-order valence-electron chi connectivity index (χ0n) is 17.5. The van der Waals surface area contributed by atoms with Crippen LogP contribution in [0.1, 0.15) is 63.4 Å². The molecule has 0 radical (unpaired) electrons. The summed E-state index contributed by atoms with van der Waals surface area (Å²) in [7, 11) is 0. The molecule has 0 spiro atoms. The van der Waals surface area contributed by atoms with Crippen molar-refractivity contribution in [1.82, 2.24) is 0 Å². The Morgan fingerprint density at radius 1 is 0.900 bits per heavy atom. The van der Waals surface area contributed by atoms with Crippen molar-refractivity contribution in [3.8, 4) is 5.75 Å². The van der Waals surface area contributed by atoms with E-state index in [-0.39, 0.29) is 6.29 Å². The molecular formula is C24H33F3O3. The van der Waals surface area contributed by atoms with Crippen molar-refractivity contribution in [2.75, 3.05) is 13.2 Å². The fourth-order valence-corrected chi connectivity index (χ4v) is 5.52. The van der Waals surface area contributed by atoms with Crippen molar-refractivity contribution in [3.05, 3.63) is 29.6 Å². The maximum Gasteiger partial charge on any atom is 0.387 e. The zero-order valence-corrected chi connectivity index (χ0v) is 17.5. The lowest BCUT2D eigenvalue weighted by atomic mass is 9.79. The summed E-state index contributed by atoms with van der Waals surface area (Å²) in [6.45, 7) is -1.30. The molecule has 0 bridgehead atoms. The van der Waals surface area contributed by atoms with Crippen molar-refractivity contribution in [1.29, 1.82) is 0 Å². The van der Waals surface area contributed by atoms with Gasteiger partial charge in [-0.2, -0.15) is 8.78 Å². The molecule has 3 nitrogen and oxygen atoms in total. The highest BCUT2D eigenvalue weighted by Gasteiger charge is 2.35. The molecule has 30 heavy (non-hydrogen) atoms. The predicted octanol–water partition coefficient (Wildman–Crippen LogP) is 6.35. The van der Waals surface area contributed by atoms with Gasteiger partial charge in [0.2, 0.25) is 0 Å². The molecule has 1 aromatic carbocycles. The molecule has 2 aliphatic carbocycles. The van der Waals surface area contributed by atoms with Gasteiger partial charge in [-0.25, -0.2) is 4.39 Å². The van der Waals surface area contributed by atoms with Crippen LogP contribution in [0, 0.1) is 29.5 Å². The number of halogens is 3. The summed E-state index contributed by atoms with van der Waals surface area (Å²) in [5.41, 5.74) is 0.827. The van der Waals surface area contributed by atoms with Crippen LogP contribution >= 0.6 is 0 Å². The highest BCUT2D eigenvalue weighted by atomic mass is 19.3. The fraction of sp³-hybridized carbons (Fsp3) is 0.750. The van der Waals surface area contributed by atoms with Gasteiger partial charge in [-0.1, -0.05) is 31.7 Å². The van der Waals surface area contributed by atoms with E-state index in [1.54, 1.807) is 6.07 Å². The van der Waals surface area contributed by atoms with Gasteiger partial charge in [-0.15, -0.1) is 0 Å². The van der Waals surface area contributed by atoms with Gasteiger partial charge in [0.1, 0.15) is 0 Å². The molecule has 1 aromatic rings. The SMILES string of the molecule is Fc1cc(CC[C@H]2CC[C@H]([C@H]3OC[C@H](C4CCCC4)CO3)CC2)ccc1OC(F)F. The van der Waals surface area contributed by atoms with Gasteiger partial charge in [-0.3, -0.25) is 0 Å². The van der Waals surface area contributed by atoms with Crippen LogP contribution in [0.3, 0.4) is 0 Å². The quantitative estimate of drug-likeness (QED) is 0.509. The minimum atomic E-state index is -3.01. The van der Waals surface area contributed by atoms with Crippen LogP contribution in [-0.2, 0) is 15.9 Å². The first kappa shape index (κ1) is 21.9. The molecule has 0 amide bonds. The minimum absolute atomic E-state index is 0.0416. The summed E-state index contributed by atoms with van der Waals surface area (Å²) >= 11 is 0. The standard InChI is InChI=1S/C24H33F3O3/c25-21-13-17(9-12-22(21)30-24(26)27)6-5-16-7-10-19(11-8-16)23-28-14-20(15-29-23)18-3-1-2-4-18/h9,12-13,16,18-20,23-24H,1-8,10-11,14-15H2/t16-,19-,20-,23-. The number of hydrogen-bond donors (Lipinski definition) is 0. The van der Waals surface area contributed by atoms with Gasteiger partial charge in [0.15, 0.2) is 17.9 Å². The zero-order chi connectivity index (χ0) is 20.9. The Morgan fingerprint density at radius 3 is 2.23 bits per heavy atom. The van der Waals surface area contributed by atoms with Crippen LogP contribution < -0.4 is 4.74 Å². The second kappa shape index (κ2) is 10.4. The highest BCUT2D eigenvalue weighted by Crippen LogP contribution is 2.38. The second-order valence-corrected chi connectivity index (χ2v) is 9.30. The minimum Gasteiger partial charge on any atom is -0.432 e. The van der Waals surface area contributed by atoms with Gasteiger partial charge < -0.3 is 14.2 Å². The smallest absolute Gasteiger partial charge is 0.387 e. The Balaban J connectivity index is 1.17. The number of ether oxygens (including phenoxy) is 3. The molecule has 0 unspecified atom stereocenters. The normalized spacial score (nSPS) is 30.7. The number of alkyl halides is 2. The molecule has 3 aliphatic rings. The Morgan fingerprint density at radius 2 is 1.60 bits per heavy atom. The van der Waals surface area contributed by atoms with Gasteiger partial charge in [0.05, 0.1) is 13.2 Å². The first-order valence-electron chi connectivity index (χ1n) is 11.5. The second-order valence-electron chi connectivity index (χ2n) is 9.30. The molecule has 1 heterocycles. The number of hydrogen-bond acceptors (Lipinski definition) is 3. The van der Waals surface area contributed by atoms with Crippen LogP contribution in [0.4, 0.5) is 13.2 Å². The summed E-state index contributed by atoms with van der Waals surface area (Å²) in [6, 6.07) is 4.29. The van der Waals surface area contributed by atoms with E-state index >= 15 is 0 Å². The monoisotopic (exact) mass is 426 g/mol. The third kappa shape index (κ3) is 5.70. The molecule has 1 aliphatic heterocycles. The lowest BCUT2D eigenvalue weighted by molar-refractivity contribution is -0.235. The maximum absolute atomic E-state index is 13.9. The third-order valence-corrected chi connectivity index (χ3v) is 7.35. The average Bonchev–Trinajstić information content (AvgIpc) is 3.29. The Hall–Kier alpha value is -1.27. The van der Waals surface area contributed by atoms with E-state index in [0.29, 0.717) is 17.8 Å². The van der Waals surface area contributed by atoms with E-state index in [2.05, 4.69) is 4.74 Å². The van der Waals surface area contributed by atoms with E-state index in [4.69, 9.17) is 9.47 Å². The maximum atomic E-state index is 13.9. The molecule has 0 N–H and O–H groups in total. The fourth-order valence-electron chi connectivity index (χ4n) is 5.52. The molecule has 3 fully saturated rings. The summed E-state index contributed by atoms with van der Waals surface area (Å²) in [4.78, 5) is 0. The van der Waals surface area contributed by atoms with Crippen LogP contribution in [0.2, 0.25) is 0 Å². The van der Waals surface area contributed by atoms with E-state index in [0.717, 1.165) is 63.2 Å². The number of rotatable bonds is 7.